The molecule has 1 atom stereocenters. The maximum absolute atomic E-state index is 11.6. The van der Waals surface area contributed by atoms with Gasteiger partial charge in [0.25, 0.3) is 0 Å². The fraction of sp³-hybridized carbons (Fsp3) is 0.417. The largest absolute Gasteiger partial charge is 0.497 e. The number of ether oxygens (including phenoxy) is 2. The summed E-state index contributed by atoms with van der Waals surface area (Å²) >= 11 is 0. The highest BCUT2D eigenvalue weighted by molar-refractivity contribution is 5.88. The second-order valence-corrected chi connectivity index (χ2v) is 3.93. The molecule has 1 aliphatic heterocycles. The number of carbonyl (C=O) groups is 1. The molecule has 0 aromatic heterocycles. The van der Waals surface area contributed by atoms with E-state index in [1.165, 1.54) is 4.90 Å². The van der Waals surface area contributed by atoms with Crippen molar-refractivity contribution in [1.29, 1.82) is 0 Å². The van der Waals surface area contributed by atoms with Crippen molar-refractivity contribution in [1.82, 2.24) is 0 Å². The number of hydrogen-bond acceptors (Lipinski definition) is 4. The van der Waals surface area contributed by atoms with E-state index in [9.17, 15) is 4.79 Å². The van der Waals surface area contributed by atoms with E-state index in [1.54, 1.807) is 31.4 Å². The fourth-order valence-corrected chi connectivity index (χ4v) is 1.74. The van der Waals surface area contributed by atoms with Crippen molar-refractivity contribution in [3.63, 3.8) is 0 Å². The molecule has 1 aliphatic rings. The molecule has 1 aromatic carbocycles. The highest BCUT2D eigenvalue weighted by atomic mass is 16.6. The van der Waals surface area contributed by atoms with E-state index in [2.05, 4.69) is 0 Å². The third-order valence-electron chi connectivity index (χ3n) is 2.75. The van der Waals surface area contributed by atoms with E-state index in [0.717, 1.165) is 11.4 Å². The maximum atomic E-state index is 11.6. The van der Waals surface area contributed by atoms with Crippen LogP contribution in [0.5, 0.6) is 5.75 Å². The van der Waals surface area contributed by atoms with Gasteiger partial charge in [-0.1, -0.05) is 0 Å². The van der Waals surface area contributed by atoms with E-state index >= 15 is 0 Å². The molecule has 1 N–H and O–H groups in total. The molecule has 0 radical (unpaired) electrons. The number of methoxy groups -OCH3 is 1. The van der Waals surface area contributed by atoms with E-state index in [1.807, 2.05) is 0 Å². The number of hydrogen-bond donors (Lipinski definition) is 1. The minimum atomic E-state index is -0.375. The first-order valence-electron chi connectivity index (χ1n) is 5.44. The summed E-state index contributed by atoms with van der Waals surface area (Å²) in [5.41, 5.74) is 0.744. The first kappa shape index (κ1) is 11.7. The molecule has 5 nitrogen and oxygen atoms in total. The Kier molecular flexibility index (Phi) is 3.49. The summed E-state index contributed by atoms with van der Waals surface area (Å²) in [6.07, 6.45) is -0.375. The smallest absolute Gasteiger partial charge is 0.414 e. The van der Waals surface area contributed by atoms with Gasteiger partial charge in [-0.2, -0.15) is 0 Å². The van der Waals surface area contributed by atoms with Crippen LogP contribution in [0.2, 0.25) is 0 Å². The predicted octanol–water partition coefficient (Wildman–Crippen LogP) is 1.26. The summed E-state index contributed by atoms with van der Waals surface area (Å²) in [4.78, 5) is 13.1. The van der Waals surface area contributed by atoms with E-state index in [0.29, 0.717) is 6.54 Å². The summed E-state index contributed by atoms with van der Waals surface area (Å²) in [7, 11) is 1.59. The Morgan fingerprint density at radius 2 is 2.18 bits per heavy atom. The Morgan fingerprint density at radius 3 is 2.76 bits per heavy atom. The van der Waals surface area contributed by atoms with Gasteiger partial charge in [0.15, 0.2) is 0 Å². The van der Waals surface area contributed by atoms with Crippen molar-refractivity contribution in [2.75, 3.05) is 31.8 Å². The van der Waals surface area contributed by atoms with Crippen LogP contribution in [0.25, 0.3) is 0 Å². The van der Waals surface area contributed by atoms with Gasteiger partial charge in [-0.3, -0.25) is 4.90 Å². The van der Waals surface area contributed by atoms with Gasteiger partial charge in [0.05, 0.1) is 20.3 Å². The van der Waals surface area contributed by atoms with Gasteiger partial charge in [0, 0.05) is 18.2 Å². The van der Waals surface area contributed by atoms with Crippen LogP contribution >= 0.6 is 0 Å². The number of benzene rings is 1. The third kappa shape index (κ3) is 2.50. The van der Waals surface area contributed by atoms with Crippen LogP contribution in [0.4, 0.5) is 10.5 Å². The zero-order chi connectivity index (χ0) is 12.3. The second kappa shape index (κ2) is 5.05. The van der Waals surface area contributed by atoms with Crippen molar-refractivity contribution >= 4 is 11.8 Å². The summed E-state index contributed by atoms with van der Waals surface area (Å²) in [6.45, 7) is 0.767. The monoisotopic (exact) mass is 237 g/mol. The number of aliphatic hydroxyl groups excluding tert-OH is 1. The molecular weight excluding hydrogens is 222 g/mol. The molecule has 0 saturated carbocycles. The average molecular weight is 237 g/mol. The number of carbonyl (C=O) groups excluding carboxylic acids is 1. The molecule has 5 heteroatoms. The molecule has 1 aromatic rings. The number of anilines is 1. The van der Waals surface area contributed by atoms with E-state index in [4.69, 9.17) is 14.6 Å². The van der Waals surface area contributed by atoms with Gasteiger partial charge in [0.1, 0.15) is 5.75 Å². The van der Waals surface area contributed by atoms with Crippen molar-refractivity contribution in [3.8, 4) is 5.75 Å². The lowest BCUT2D eigenvalue weighted by Gasteiger charge is -2.31. The predicted molar refractivity (Wildman–Crippen MR) is 62.3 cm³/mol. The zero-order valence-corrected chi connectivity index (χ0v) is 9.63. The SMILES string of the molecule is COc1ccc(N2CC(CO)COC2=O)cc1. The maximum Gasteiger partial charge on any atom is 0.414 e. The fourth-order valence-electron chi connectivity index (χ4n) is 1.74. The molecule has 2 rings (SSSR count). The standard InChI is InChI=1S/C12H15NO4/c1-16-11-4-2-10(3-5-11)13-6-9(7-14)8-17-12(13)15/h2-5,9,14H,6-8H2,1H3. The first-order valence-corrected chi connectivity index (χ1v) is 5.44. The lowest BCUT2D eigenvalue weighted by atomic mass is 10.1. The number of nitrogens with zero attached hydrogens (tertiary/aromatic N) is 1. The minimum absolute atomic E-state index is 0.0138. The molecule has 92 valence electrons. The molecule has 1 unspecified atom stereocenters. The number of amides is 1. The average Bonchev–Trinajstić information content (AvgIpc) is 2.39. The van der Waals surface area contributed by atoms with Crippen molar-refractivity contribution in [2.45, 2.75) is 0 Å². The molecule has 1 amide bonds. The van der Waals surface area contributed by atoms with Crippen molar-refractivity contribution in [3.05, 3.63) is 24.3 Å². The Morgan fingerprint density at radius 1 is 1.47 bits per heavy atom. The number of cyclic esters (lactones) is 1. The highest BCUT2D eigenvalue weighted by Gasteiger charge is 2.27. The van der Waals surface area contributed by atoms with Gasteiger partial charge >= 0.3 is 6.09 Å². The van der Waals surface area contributed by atoms with Crippen LogP contribution < -0.4 is 9.64 Å². The normalized spacial score (nSPS) is 20.0. The Bertz CT molecular complexity index is 390. The lowest BCUT2D eigenvalue weighted by molar-refractivity contribution is 0.0900. The first-order chi connectivity index (χ1) is 8.24. The molecule has 1 fully saturated rings. The topological polar surface area (TPSA) is 59.0 Å². The summed E-state index contributed by atoms with van der Waals surface area (Å²) in [5.74, 6) is 0.702. The molecule has 17 heavy (non-hydrogen) atoms. The van der Waals surface area contributed by atoms with E-state index in [-0.39, 0.29) is 25.2 Å². The van der Waals surface area contributed by atoms with Gasteiger partial charge < -0.3 is 14.6 Å². The van der Waals surface area contributed by atoms with Gasteiger partial charge in [-0.15, -0.1) is 0 Å². The Balaban J connectivity index is 2.15. The Labute approximate surface area is 99.6 Å². The quantitative estimate of drug-likeness (QED) is 0.859. The van der Waals surface area contributed by atoms with Crippen molar-refractivity contribution < 1.29 is 19.4 Å². The number of aliphatic hydroxyl groups is 1. The summed E-state index contributed by atoms with van der Waals surface area (Å²) < 4.78 is 10.1. The Hall–Kier alpha value is -1.75. The van der Waals surface area contributed by atoms with Crippen LogP contribution in [0.3, 0.4) is 0 Å². The van der Waals surface area contributed by atoms with Gasteiger partial charge in [-0.25, -0.2) is 4.79 Å². The van der Waals surface area contributed by atoms with Gasteiger partial charge in [0.2, 0.25) is 0 Å². The number of rotatable bonds is 3. The molecule has 0 spiro atoms. The second-order valence-electron chi connectivity index (χ2n) is 3.93. The molecule has 1 heterocycles. The van der Waals surface area contributed by atoms with Crippen LogP contribution in [-0.4, -0.2) is 38.1 Å². The lowest BCUT2D eigenvalue weighted by Crippen LogP contribution is -2.44. The van der Waals surface area contributed by atoms with Crippen LogP contribution in [-0.2, 0) is 4.74 Å². The highest BCUT2D eigenvalue weighted by Crippen LogP contribution is 2.23. The van der Waals surface area contributed by atoms with Gasteiger partial charge in [-0.05, 0) is 24.3 Å². The van der Waals surface area contributed by atoms with Crippen LogP contribution in [0.1, 0.15) is 0 Å². The summed E-state index contributed by atoms with van der Waals surface area (Å²) in [5, 5.41) is 9.09. The third-order valence-corrected chi connectivity index (χ3v) is 2.75. The molecular formula is C12H15NO4. The van der Waals surface area contributed by atoms with Crippen molar-refractivity contribution in [2.24, 2.45) is 5.92 Å². The molecule has 1 saturated heterocycles. The zero-order valence-electron chi connectivity index (χ0n) is 9.63. The van der Waals surface area contributed by atoms with E-state index < -0.39 is 0 Å². The van der Waals surface area contributed by atoms with Crippen LogP contribution in [0.15, 0.2) is 24.3 Å². The minimum Gasteiger partial charge on any atom is -0.497 e. The molecule has 0 aliphatic carbocycles. The summed E-state index contributed by atoms with van der Waals surface area (Å²) in [6, 6.07) is 7.15. The molecule has 0 bridgehead atoms. The van der Waals surface area contributed by atoms with Crippen LogP contribution in [0, 0.1) is 5.92 Å².